The molecule has 0 bridgehead atoms. The minimum atomic E-state index is -0.728. The molecule has 0 aromatic heterocycles. The van der Waals surface area contributed by atoms with E-state index < -0.39 is 5.60 Å². The maximum atomic E-state index is 12.1. The number of aliphatic hydroxyl groups is 1. The number of nitrogens with one attached hydrogen (secondary N) is 2. The summed E-state index contributed by atoms with van der Waals surface area (Å²) in [7, 11) is 2.10. The van der Waals surface area contributed by atoms with Gasteiger partial charge in [0.25, 0.3) is 0 Å². The fraction of sp³-hybridized carbons (Fsp3) is 0.611. The van der Waals surface area contributed by atoms with Crippen LogP contribution in [0.15, 0.2) is 18.2 Å². The summed E-state index contributed by atoms with van der Waals surface area (Å²) >= 11 is 0. The molecule has 2 amide bonds. The van der Waals surface area contributed by atoms with E-state index in [1.54, 1.807) is 0 Å². The fourth-order valence-corrected chi connectivity index (χ4v) is 3.67. The maximum Gasteiger partial charge on any atom is 0.319 e. The van der Waals surface area contributed by atoms with Gasteiger partial charge in [-0.05, 0) is 49.4 Å². The van der Waals surface area contributed by atoms with Gasteiger partial charge in [0.2, 0.25) is 0 Å². The first-order valence-electron chi connectivity index (χ1n) is 8.67. The molecular formula is C18H27N3O2. The molecule has 0 unspecified atom stereocenters. The quantitative estimate of drug-likeness (QED) is 0.803. The van der Waals surface area contributed by atoms with E-state index in [2.05, 4.69) is 34.7 Å². The lowest BCUT2D eigenvalue weighted by molar-refractivity contribution is 0.00755. The minimum Gasteiger partial charge on any atom is -0.388 e. The van der Waals surface area contributed by atoms with Gasteiger partial charge in [0.15, 0.2) is 0 Å². The summed E-state index contributed by atoms with van der Waals surface area (Å²) in [4.78, 5) is 14.3. The molecule has 1 heterocycles. The normalized spacial score (nSPS) is 19.8. The van der Waals surface area contributed by atoms with E-state index in [1.807, 2.05) is 6.07 Å². The van der Waals surface area contributed by atoms with Crippen molar-refractivity contribution in [1.82, 2.24) is 5.32 Å². The van der Waals surface area contributed by atoms with E-state index in [0.29, 0.717) is 6.54 Å². The Balaban J connectivity index is 1.55. The summed E-state index contributed by atoms with van der Waals surface area (Å²) in [5.74, 6) is 0. The number of carbonyl (C=O) groups excluding carboxylic acids is 1. The number of fused-ring (bicyclic) bond motifs is 1. The van der Waals surface area contributed by atoms with Crippen LogP contribution in [0.5, 0.6) is 0 Å². The summed E-state index contributed by atoms with van der Waals surface area (Å²) in [5.41, 5.74) is 2.61. The molecule has 1 aromatic carbocycles. The van der Waals surface area contributed by atoms with Crippen molar-refractivity contribution in [2.24, 2.45) is 0 Å². The van der Waals surface area contributed by atoms with Crippen molar-refractivity contribution in [3.8, 4) is 0 Å². The molecule has 2 aliphatic rings. The van der Waals surface area contributed by atoms with Gasteiger partial charge in [-0.15, -0.1) is 0 Å². The number of hydrogen-bond acceptors (Lipinski definition) is 3. The van der Waals surface area contributed by atoms with Crippen molar-refractivity contribution < 1.29 is 9.90 Å². The Morgan fingerprint density at radius 2 is 2.04 bits per heavy atom. The van der Waals surface area contributed by atoms with Crippen LogP contribution in [0.2, 0.25) is 0 Å². The van der Waals surface area contributed by atoms with Gasteiger partial charge in [0, 0.05) is 31.5 Å². The summed E-state index contributed by atoms with van der Waals surface area (Å²) in [6.45, 7) is 1.41. The second-order valence-electron chi connectivity index (χ2n) is 6.96. The van der Waals surface area contributed by atoms with Crippen molar-refractivity contribution in [3.63, 3.8) is 0 Å². The highest BCUT2D eigenvalue weighted by molar-refractivity contribution is 5.89. The maximum absolute atomic E-state index is 12.1. The van der Waals surface area contributed by atoms with E-state index in [9.17, 15) is 9.90 Å². The second kappa shape index (κ2) is 6.79. The Morgan fingerprint density at radius 1 is 1.26 bits per heavy atom. The van der Waals surface area contributed by atoms with Gasteiger partial charge < -0.3 is 20.6 Å². The Hall–Kier alpha value is -1.75. The van der Waals surface area contributed by atoms with E-state index in [1.165, 1.54) is 17.7 Å². The monoisotopic (exact) mass is 317 g/mol. The molecule has 1 fully saturated rings. The van der Waals surface area contributed by atoms with Crippen molar-refractivity contribution in [3.05, 3.63) is 23.8 Å². The third-order valence-corrected chi connectivity index (χ3v) is 5.05. The molecule has 3 rings (SSSR count). The van der Waals surface area contributed by atoms with E-state index >= 15 is 0 Å². The van der Waals surface area contributed by atoms with Crippen LogP contribution in [0.1, 0.15) is 44.1 Å². The number of rotatable bonds is 3. The highest BCUT2D eigenvalue weighted by Gasteiger charge is 2.29. The number of carbonyl (C=O) groups is 1. The van der Waals surface area contributed by atoms with E-state index in [-0.39, 0.29) is 6.03 Å². The number of amides is 2. The number of anilines is 2. The van der Waals surface area contributed by atoms with Gasteiger partial charge >= 0.3 is 6.03 Å². The van der Waals surface area contributed by atoms with Crippen molar-refractivity contribution >= 4 is 17.4 Å². The second-order valence-corrected chi connectivity index (χ2v) is 6.96. The Morgan fingerprint density at radius 3 is 2.83 bits per heavy atom. The first-order chi connectivity index (χ1) is 11.1. The molecule has 23 heavy (non-hydrogen) atoms. The van der Waals surface area contributed by atoms with Crippen LogP contribution in [0.3, 0.4) is 0 Å². The van der Waals surface area contributed by atoms with E-state index in [0.717, 1.165) is 50.8 Å². The molecule has 1 saturated carbocycles. The zero-order valence-electron chi connectivity index (χ0n) is 13.9. The molecule has 1 aliphatic heterocycles. The Bertz CT molecular complexity index is 567. The molecule has 126 valence electrons. The van der Waals surface area contributed by atoms with Gasteiger partial charge in [-0.3, -0.25) is 0 Å². The van der Waals surface area contributed by atoms with Crippen LogP contribution in [0.25, 0.3) is 0 Å². The van der Waals surface area contributed by atoms with Crippen LogP contribution < -0.4 is 15.5 Å². The van der Waals surface area contributed by atoms with Crippen molar-refractivity contribution in [2.45, 2.75) is 50.5 Å². The van der Waals surface area contributed by atoms with Gasteiger partial charge in [-0.25, -0.2) is 4.79 Å². The summed E-state index contributed by atoms with van der Waals surface area (Å²) in [6, 6.07) is 5.82. The number of nitrogens with zero attached hydrogens (tertiary/aromatic N) is 1. The SMILES string of the molecule is CN1CCCc2cc(NC(=O)NCC3(O)CCCCC3)ccc21. The molecule has 0 saturated heterocycles. The smallest absolute Gasteiger partial charge is 0.319 e. The molecule has 1 aromatic rings. The zero-order chi connectivity index (χ0) is 16.3. The third-order valence-electron chi connectivity index (χ3n) is 5.05. The van der Waals surface area contributed by atoms with Gasteiger partial charge in [0.05, 0.1) is 5.60 Å². The predicted molar refractivity (Wildman–Crippen MR) is 93.1 cm³/mol. The largest absolute Gasteiger partial charge is 0.388 e. The van der Waals surface area contributed by atoms with Gasteiger partial charge in [-0.1, -0.05) is 19.3 Å². The van der Waals surface area contributed by atoms with Crippen molar-refractivity contribution in [2.75, 3.05) is 30.4 Å². The average Bonchev–Trinajstić information content (AvgIpc) is 2.54. The fourth-order valence-electron chi connectivity index (χ4n) is 3.67. The standard InChI is InChI=1S/C18H27N3O2/c1-21-11-5-6-14-12-15(7-8-16(14)21)20-17(22)19-13-18(23)9-3-2-4-10-18/h7-8,12,23H,2-6,9-11,13H2,1H3,(H2,19,20,22). The van der Waals surface area contributed by atoms with Crippen molar-refractivity contribution in [1.29, 1.82) is 0 Å². The summed E-state index contributed by atoms with van der Waals surface area (Å²) in [6.07, 6.45) is 7.01. The minimum absolute atomic E-state index is 0.242. The number of urea groups is 1. The van der Waals surface area contributed by atoms with Crippen LogP contribution in [0.4, 0.5) is 16.2 Å². The molecule has 1 aliphatic carbocycles. The predicted octanol–water partition coefficient (Wildman–Crippen LogP) is 2.89. The molecule has 0 radical (unpaired) electrons. The number of benzene rings is 1. The zero-order valence-corrected chi connectivity index (χ0v) is 13.9. The first kappa shape index (κ1) is 16.1. The van der Waals surface area contributed by atoms with Crippen LogP contribution >= 0.6 is 0 Å². The van der Waals surface area contributed by atoms with Crippen LogP contribution in [0, 0.1) is 0 Å². The molecule has 0 atom stereocenters. The lowest BCUT2D eigenvalue weighted by Crippen LogP contribution is -2.45. The Labute approximate surface area is 138 Å². The molecule has 5 nitrogen and oxygen atoms in total. The molecular weight excluding hydrogens is 290 g/mol. The lowest BCUT2D eigenvalue weighted by Gasteiger charge is -2.32. The first-order valence-corrected chi connectivity index (χ1v) is 8.67. The molecule has 0 spiro atoms. The van der Waals surface area contributed by atoms with E-state index in [4.69, 9.17) is 0 Å². The molecule has 5 heteroatoms. The summed E-state index contributed by atoms with van der Waals surface area (Å²) in [5, 5.41) is 16.1. The lowest BCUT2D eigenvalue weighted by atomic mass is 9.85. The summed E-state index contributed by atoms with van der Waals surface area (Å²) < 4.78 is 0. The highest BCUT2D eigenvalue weighted by atomic mass is 16.3. The average molecular weight is 317 g/mol. The van der Waals surface area contributed by atoms with Gasteiger partial charge in [-0.2, -0.15) is 0 Å². The Kier molecular flexibility index (Phi) is 4.76. The highest BCUT2D eigenvalue weighted by Crippen LogP contribution is 2.29. The van der Waals surface area contributed by atoms with Crippen LogP contribution in [-0.2, 0) is 6.42 Å². The third kappa shape index (κ3) is 3.96. The van der Waals surface area contributed by atoms with Crippen LogP contribution in [-0.4, -0.2) is 36.9 Å². The van der Waals surface area contributed by atoms with Gasteiger partial charge in [0.1, 0.15) is 0 Å². The number of aryl methyl sites for hydroxylation is 1. The topological polar surface area (TPSA) is 64.6 Å². The molecule has 3 N–H and O–H groups in total. The number of hydrogen-bond donors (Lipinski definition) is 3.